The van der Waals surface area contributed by atoms with E-state index in [1.165, 1.54) is 31.7 Å². The zero-order valence-corrected chi connectivity index (χ0v) is 12.7. The summed E-state index contributed by atoms with van der Waals surface area (Å²) in [6.45, 7) is 5.71. The maximum absolute atomic E-state index is 13.2. The van der Waals surface area contributed by atoms with Gasteiger partial charge < -0.3 is 10.2 Å². The first kappa shape index (κ1) is 14.4. The van der Waals surface area contributed by atoms with E-state index in [1.54, 1.807) is 12.1 Å². The Labute approximate surface area is 126 Å². The molecule has 1 aliphatic heterocycles. The SMILES string of the molecule is CCNC(=NCc1cccc(F)c1)N1CCC2(CCC2)C1. The maximum Gasteiger partial charge on any atom is 0.194 e. The van der Waals surface area contributed by atoms with Crippen molar-refractivity contribution >= 4 is 5.96 Å². The first-order chi connectivity index (χ1) is 10.2. The highest BCUT2D eigenvalue weighted by Gasteiger charge is 2.43. The number of hydrogen-bond donors (Lipinski definition) is 1. The summed E-state index contributed by atoms with van der Waals surface area (Å²) < 4.78 is 13.2. The molecule has 0 atom stereocenters. The molecule has 4 heteroatoms. The summed E-state index contributed by atoms with van der Waals surface area (Å²) in [5.74, 6) is 0.785. The Balaban J connectivity index is 1.67. The van der Waals surface area contributed by atoms with Crippen molar-refractivity contribution in [1.82, 2.24) is 10.2 Å². The predicted octanol–water partition coefficient (Wildman–Crippen LogP) is 3.17. The molecular weight excluding hydrogens is 265 g/mol. The topological polar surface area (TPSA) is 27.6 Å². The van der Waals surface area contributed by atoms with E-state index in [4.69, 9.17) is 4.99 Å². The van der Waals surface area contributed by atoms with E-state index in [0.29, 0.717) is 12.0 Å². The third kappa shape index (κ3) is 3.20. The van der Waals surface area contributed by atoms with Gasteiger partial charge in [0, 0.05) is 19.6 Å². The lowest BCUT2D eigenvalue weighted by Crippen LogP contribution is -2.42. The van der Waals surface area contributed by atoms with Crippen LogP contribution in [-0.4, -0.2) is 30.5 Å². The molecule has 2 fully saturated rings. The van der Waals surface area contributed by atoms with Gasteiger partial charge >= 0.3 is 0 Å². The van der Waals surface area contributed by atoms with Crippen molar-refractivity contribution in [3.63, 3.8) is 0 Å². The lowest BCUT2D eigenvalue weighted by atomic mass is 9.68. The Kier molecular flexibility index (Phi) is 4.13. The van der Waals surface area contributed by atoms with Crippen molar-refractivity contribution < 1.29 is 4.39 Å². The molecule has 3 nitrogen and oxygen atoms in total. The third-order valence-corrected chi connectivity index (χ3v) is 4.79. The van der Waals surface area contributed by atoms with Gasteiger partial charge in [0.1, 0.15) is 5.82 Å². The third-order valence-electron chi connectivity index (χ3n) is 4.79. The van der Waals surface area contributed by atoms with Crippen molar-refractivity contribution in [3.05, 3.63) is 35.6 Å². The Morgan fingerprint density at radius 3 is 2.86 bits per heavy atom. The van der Waals surface area contributed by atoms with Gasteiger partial charge in [0.05, 0.1) is 6.54 Å². The lowest BCUT2D eigenvalue weighted by Gasteiger charge is -2.38. The smallest absolute Gasteiger partial charge is 0.194 e. The van der Waals surface area contributed by atoms with Crippen molar-refractivity contribution in [2.45, 2.75) is 39.2 Å². The van der Waals surface area contributed by atoms with Crippen LogP contribution >= 0.6 is 0 Å². The predicted molar refractivity (Wildman–Crippen MR) is 83.7 cm³/mol. The number of rotatable bonds is 3. The van der Waals surface area contributed by atoms with Crippen LogP contribution in [0.15, 0.2) is 29.3 Å². The van der Waals surface area contributed by atoms with Crippen LogP contribution in [0.2, 0.25) is 0 Å². The second-order valence-electron chi connectivity index (χ2n) is 6.33. The Bertz CT molecular complexity index is 523. The van der Waals surface area contributed by atoms with Gasteiger partial charge in [-0.3, -0.25) is 0 Å². The fourth-order valence-corrected chi connectivity index (χ4v) is 3.43. The van der Waals surface area contributed by atoms with Crippen LogP contribution in [0.4, 0.5) is 4.39 Å². The Morgan fingerprint density at radius 2 is 2.24 bits per heavy atom. The standard InChI is InChI=1S/C17H24FN3/c1-2-19-16(20-12-14-5-3-6-15(18)11-14)21-10-9-17(13-21)7-4-8-17/h3,5-6,11H,2,4,7-10,12-13H2,1H3,(H,19,20). The van der Waals surface area contributed by atoms with Gasteiger partial charge in [-0.05, 0) is 49.3 Å². The molecule has 1 N–H and O–H groups in total. The van der Waals surface area contributed by atoms with E-state index in [-0.39, 0.29) is 5.82 Å². The van der Waals surface area contributed by atoms with Gasteiger partial charge in [-0.2, -0.15) is 0 Å². The molecular formula is C17H24FN3. The largest absolute Gasteiger partial charge is 0.357 e. The van der Waals surface area contributed by atoms with Crippen LogP contribution in [0, 0.1) is 11.2 Å². The minimum atomic E-state index is -0.192. The second-order valence-corrected chi connectivity index (χ2v) is 6.33. The zero-order chi connectivity index (χ0) is 14.7. The molecule has 1 aliphatic carbocycles. The molecule has 21 heavy (non-hydrogen) atoms. The van der Waals surface area contributed by atoms with Crippen LogP contribution in [-0.2, 0) is 6.54 Å². The van der Waals surface area contributed by atoms with Crippen LogP contribution in [0.3, 0.4) is 0 Å². The van der Waals surface area contributed by atoms with Crippen molar-refractivity contribution in [3.8, 4) is 0 Å². The van der Waals surface area contributed by atoms with E-state index < -0.39 is 0 Å². The van der Waals surface area contributed by atoms with Gasteiger partial charge in [-0.25, -0.2) is 9.38 Å². The summed E-state index contributed by atoms with van der Waals surface area (Å²) >= 11 is 0. The number of guanidine groups is 1. The molecule has 2 aliphatic rings. The summed E-state index contributed by atoms with van der Waals surface area (Å²) in [6, 6.07) is 6.70. The van der Waals surface area contributed by atoms with Crippen molar-refractivity contribution in [2.24, 2.45) is 10.4 Å². The molecule has 0 amide bonds. The molecule has 0 aromatic heterocycles. The normalized spacial score (nSPS) is 20.7. The number of nitrogens with one attached hydrogen (secondary N) is 1. The summed E-state index contributed by atoms with van der Waals surface area (Å²) in [7, 11) is 0. The fraction of sp³-hybridized carbons (Fsp3) is 0.588. The van der Waals surface area contributed by atoms with Crippen LogP contribution in [0.25, 0.3) is 0 Å². The molecule has 1 heterocycles. The van der Waals surface area contributed by atoms with E-state index in [0.717, 1.165) is 31.2 Å². The lowest BCUT2D eigenvalue weighted by molar-refractivity contribution is 0.151. The molecule has 0 bridgehead atoms. The highest BCUT2D eigenvalue weighted by Crippen LogP contribution is 2.47. The first-order valence-electron chi connectivity index (χ1n) is 7.98. The quantitative estimate of drug-likeness (QED) is 0.683. The van der Waals surface area contributed by atoms with Gasteiger partial charge in [-0.1, -0.05) is 18.6 Å². The summed E-state index contributed by atoms with van der Waals surface area (Å²) in [4.78, 5) is 7.07. The fourth-order valence-electron chi connectivity index (χ4n) is 3.43. The van der Waals surface area contributed by atoms with Gasteiger partial charge in [0.15, 0.2) is 5.96 Å². The van der Waals surface area contributed by atoms with E-state index >= 15 is 0 Å². The van der Waals surface area contributed by atoms with Gasteiger partial charge in [0.2, 0.25) is 0 Å². The number of likely N-dealkylation sites (tertiary alicyclic amines) is 1. The van der Waals surface area contributed by atoms with E-state index in [1.807, 2.05) is 6.07 Å². The molecule has 0 unspecified atom stereocenters. The Hall–Kier alpha value is -1.58. The maximum atomic E-state index is 13.2. The average molecular weight is 289 g/mol. The van der Waals surface area contributed by atoms with Crippen LogP contribution < -0.4 is 5.32 Å². The van der Waals surface area contributed by atoms with E-state index in [9.17, 15) is 4.39 Å². The summed E-state index contributed by atoms with van der Waals surface area (Å²) in [5.41, 5.74) is 1.48. The van der Waals surface area contributed by atoms with Crippen LogP contribution in [0.5, 0.6) is 0 Å². The second kappa shape index (κ2) is 6.04. The number of aliphatic imine (C=N–C) groups is 1. The number of nitrogens with zero attached hydrogens (tertiary/aromatic N) is 2. The molecule has 1 spiro atoms. The number of benzene rings is 1. The molecule has 1 aromatic carbocycles. The molecule has 3 rings (SSSR count). The first-order valence-corrected chi connectivity index (χ1v) is 7.98. The molecule has 114 valence electrons. The number of hydrogen-bond acceptors (Lipinski definition) is 1. The molecule has 1 saturated carbocycles. The molecule has 0 radical (unpaired) electrons. The Morgan fingerprint density at radius 1 is 1.38 bits per heavy atom. The zero-order valence-electron chi connectivity index (χ0n) is 12.7. The highest BCUT2D eigenvalue weighted by atomic mass is 19.1. The van der Waals surface area contributed by atoms with Crippen molar-refractivity contribution in [2.75, 3.05) is 19.6 Å². The minimum absolute atomic E-state index is 0.192. The van der Waals surface area contributed by atoms with Crippen LogP contribution in [0.1, 0.15) is 38.2 Å². The van der Waals surface area contributed by atoms with Gasteiger partial charge in [0.25, 0.3) is 0 Å². The summed E-state index contributed by atoms with van der Waals surface area (Å²) in [5, 5.41) is 3.38. The molecule has 1 aromatic rings. The minimum Gasteiger partial charge on any atom is -0.357 e. The average Bonchev–Trinajstić information content (AvgIpc) is 2.89. The van der Waals surface area contributed by atoms with E-state index in [2.05, 4.69) is 17.1 Å². The molecule has 1 saturated heterocycles. The highest BCUT2D eigenvalue weighted by molar-refractivity contribution is 5.80. The van der Waals surface area contributed by atoms with Crippen molar-refractivity contribution in [1.29, 1.82) is 0 Å². The number of halogens is 1. The monoisotopic (exact) mass is 289 g/mol. The van der Waals surface area contributed by atoms with Gasteiger partial charge in [-0.15, -0.1) is 0 Å². The summed E-state index contributed by atoms with van der Waals surface area (Å²) in [6.07, 6.45) is 5.40.